The van der Waals surface area contributed by atoms with Crippen LogP contribution in [0.25, 0.3) is 0 Å². The second-order valence-corrected chi connectivity index (χ2v) is 3.26. The molecular formula is C9H16O6. The van der Waals surface area contributed by atoms with Crippen molar-refractivity contribution in [2.24, 2.45) is 0 Å². The summed E-state index contributed by atoms with van der Waals surface area (Å²) in [5.74, 6) is -2.01. The maximum absolute atomic E-state index is 11.2. The average Bonchev–Trinajstić information content (AvgIpc) is 2.21. The summed E-state index contributed by atoms with van der Waals surface area (Å²) in [5.41, 5.74) is 0. The van der Waals surface area contributed by atoms with Crippen LogP contribution in [0.4, 0.5) is 0 Å². The average molecular weight is 220 g/mol. The van der Waals surface area contributed by atoms with E-state index in [0.29, 0.717) is 0 Å². The van der Waals surface area contributed by atoms with Crippen molar-refractivity contribution in [2.45, 2.75) is 32.0 Å². The summed E-state index contributed by atoms with van der Waals surface area (Å²) in [5, 5.41) is 18.4. The SMILES string of the molecule is CCOC1(C(C)O)OCC(=O)C(CO)O1. The fourth-order valence-corrected chi connectivity index (χ4v) is 1.32. The van der Waals surface area contributed by atoms with Crippen molar-refractivity contribution in [2.75, 3.05) is 19.8 Å². The van der Waals surface area contributed by atoms with E-state index in [1.54, 1.807) is 6.92 Å². The normalized spacial score (nSPS) is 34.1. The molecule has 1 fully saturated rings. The zero-order valence-corrected chi connectivity index (χ0v) is 8.80. The van der Waals surface area contributed by atoms with Gasteiger partial charge < -0.3 is 24.4 Å². The molecule has 0 aromatic carbocycles. The van der Waals surface area contributed by atoms with E-state index in [4.69, 9.17) is 19.3 Å². The molecular weight excluding hydrogens is 204 g/mol. The van der Waals surface area contributed by atoms with Crippen molar-refractivity contribution in [3.05, 3.63) is 0 Å². The first-order valence-corrected chi connectivity index (χ1v) is 4.83. The first kappa shape index (κ1) is 12.5. The van der Waals surface area contributed by atoms with Crippen LogP contribution in [-0.2, 0) is 19.0 Å². The van der Waals surface area contributed by atoms with Gasteiger partial charge in [0.2, 0.25) is 0 Å². The topological polar surface area (TPSA) is 85.2 Å². The standard InChI is InChI=1S/C9H16O6/c1-3-13-9(6(2)11)14-5-7(12)8(4-10)15-9/h6,8,10-11H,3-5H2,1-2H3. The number of hydrogen-bond donors (Lipinski definition) is 2. The van der Waals surface area contributed by atoms with Crippen LogP contribution in [-0.4, -0.2) is 54.0 Å². The maximum Gasteiger partial charge on any atom is 0.311 e. The number of ketones is 1. The second-order valence-electron chi connectivity index (χ2n) is 3.26. The van der Waals surface area contributed by atoms with Gasteiger partial charge in [0.25, 0.3) is 0 Å². The Kier molecular flexibility index (Phi) is 4.18. The van der Waals surface area contributed by atoms with Crippen LogP contribution in [0.3, 0.4) is 0 Å². The molecule has 0 aromatic heterocycles. The highest BCUT2D eigenvalue weighted by molar-refractivity contribution is 5.84. The zero-order valence-electron chi connectivity index (χ0n) is 8.80. The van der Waals surface area contributed by atoms with Crippen molar-refractivity contribution in [1.29, 1.82) is 0 Å². The van der Waals surface area contributed by atoms with E-state index in [0.717, 1.165) is 0 Å². The monoisotopic (exact) mass is 220 g/mol. The van der Waals surface area contributed by atoms with Gasteiger partial charge in [0.05, 0.1) is 6.61 Å². The van der Waals surface area contributed by atoms with Crippen molar-refractivity contribution in [1.82, 2.24) is 0 Å². The Hall–Kier alpha value is -0.530. The molecule has 6 heteroatoms. The van der Waals surface area contributed by atoms with Gasteiger partial charge in [0.1, 0.15) is 18.8 Å². The number of carbonyl (C=O) groups excluding carboxylic acids is 1. The highest BCUT2D eigenvalue weighted by Crippen LogP contribution is 2.26. The molecule has 1 rings (SSSR count). The van der Waals surface area contributed by atoms with Crippen LogP contribution in [0, 0.1) is 0 Å². The molecule has 6 nitrogen and oxygen atoms in total. The summed E-state index contributed by atoms with van der Waals surface area (Å²) in [6.07, 6.45) is -2.06. The quantitative estimate of drug-likeness (QED) is 0.634. The third-order valence-corrected chi connectivity index (χ3v) is 2.10. The molecule has 0 spiro atoms. The molecule has 0 radical (unpaired) electrons. The number of aliphatic hydroxyl groups excluding tert-OH is 2. The number of rotatable bonds is 4. The molecule has 1 aliphatic heterocycles. The van der Waals surface area contributed by atoms with Crippen molar-refractivity contribution < 1.29 is 29.2 Å². The van der Waals surface area contributed by atoms with Gasteiger partial charge >= 0.3 is 5.97 Å². The number of ether oxygens (including phenoxy) is 3. The fourth-order valence-electron chi connectivity index (χ4n) is 1.32. The highest BCUT2D eigenvalue weighted by atomic mass is 16.9. The van der Waals surface area contributed by atoms with Crippen LogP contribution in [0.5, 0.6) is 0 Å². The van der Waals surface area contributed by atoms with Crippen molar-refractivity contribution >= 4 is 5.78 Å². The van der Waals surface area contributed by atoms with Gasteiger partial charge in [-0.05, 0) is 13.8 Å². The Balaban J connectivity index is 2.77. The molecule has 2 N–H and O–H groups in total. The van der Waals surface area contributed by atoms with Gasteiger partial charge in [-0.2, -0.15) is 0 Å². The Bertz CT molecular complexity index is 229. The first-order valence-electron chi connectivity index (χ1n) is 4.83. The second kappa shape index (κ2) is 5.00. The van der Waals surface area contributed by atoms with Gasteiger partial charge in [-0.15, -0.1) is 0 Å². The zero-order chi connectivity index (χ0) is 11.5. The molecule has 3 atom stereocenters. The molecule has 0 amide bonds. The van der Waals surface area contributed by atoms with Gasteiger partial charge in [-0.25, -0.2) is 0 Å². The van der Waals surface area contributed by atoms with Gasteiger partial charge in [-0.1, -0.05) is 0 Å². The van der Waals surface area contributed by atoms with E-state index in [2.05, 4.69) is 0 Å². The summed E-state index contributed by atoms with van der Waals surface area (Å²) < 4.78 is 15.4. The van der Waals surface area contributed by atoms with E-state index in [9.17, 15) is 9.90 Å². The maximum atomic E-state index is 11.2. The molecule has 1 heterocycles. The van der Waals surface area contributed by atoms with E-state index >= 15 is 0 Å². The molecule has 0 aliphatic carbocycles. The lowest BCUT2D eigenvalue weighted by molar-refractivity contribution is -0.427. The van der Waals surface area contributed by atoms with Crippen molar-refractivity contribution in [3.8, 4) is 0 Å². The lowest BCUT2D eigenvalue weighted by Crippen LogP contribution is -2.58. The Morgan fingerprint density at radius 3 is 2.87 bits per heavy atom. The molecule has 0 bridgehead atoms. The predicted octanol–water partition coefficient (Wildman–Crippen LogP) is -0.966. The Morgan fingerprint density at radius 2 is 2.40 bits per heavy atom. The van der Waals surface area contributed by atoms with Crippen molar-refractivity contribution in [3.63, 3.8) is 0 Å². The molecule has 0 saturated carbocycles. The lowest BCUT2D eigenvalue weighted by Gasteiger charge is -2.40. The third kappa shape index (κ3) is 2.53. The minimum absolute atomic E-state index is 0.240. The fraction of sp³-hybridized carbons (Fsp3) is 0.889. The molecule has 88 valence electrons. The minimum atomic E-state index is -1.64. The minimum Gasteiger partial charge on any atom is -0.393 e. The van der Waals surface area contributed by atoms with Crippen LogP contribution >= 0.6 is 0 Å². The number of aliphatic hydroxyl groups is 2. The molecule has 0 aromatic rings. The smallest absolute Gasteiger partial charge is 0.311 e. The van der Waals surface area contributed by atoms with Gasteiger partial charge in [0.15, 0.2) is 5.78 Å². The Labute approximate surface area is 87.7 Å². The van der Waals surface area contributed by atoms with Crippen LogP contribution in [0.2, 0.25) is 0 Å². The van der Waals surface area contributed by atoms with Gasteiger partial charge in [-0.3, -0.25) is 4.79 Å². The lowest BCUT2D eigenvalue weighted by atomic mass is 10.2. The van der Waals surface area contributed by atoms with Crippen LogP contribution in [0.15, 0.2) is 0 Å². The van der Waals surface area contributed by atoms with Crippen LogP contribution in [0.1, 0.15) is 13.8 Å². The van der Waals surface area contributed by atoms with Crippen LogP contribution < -0.4 is 0 Å². The summed E-state index contributed by atoms with van der Waals surface area (Å²) in [4.78, 5) is 11.2. The number of hydrogen-bond acceptors (Lipinski definition) is 6. The number of carbonyl (C=O) groups is 1. The summed E-state index contributed by atoms with van der Waals surface area (Å²) >= 11 is 0. The summed E-state index contributed by atoms with van der Waals surface area (Å²) in [7, 11) is 0. The van der Waals surface area contributed by atoms with E-state index < -0.39 is 24.8 Å². The highest BCUT2D eigenvalue weighted by Gasteiger charge is 2.47. The molecule has 1 aliphatic rings. The third-order valence-electron chi connectivity index (χ3n) is 2.10. The van der Waals surface area contributed by atoms with E-state index in [-0.39, 0.29) is 19.0 Å². The Morgan fingerprint density at radius 1 is 1.73 bits per heavy atom. The number of Topliss-reactive ketones (excluding diaryl/α,β-unsaturated/α-hetero) is 1. The molecule has 15 heavy (non-hydrogen) atoms. The van der Waals surface area contributed by atoms with E-state index in [1.165, 1.54) is 6.92 Å². The molecule has 1 saturated heterocycles. The predicted molar refractivity (Wildman–Crippen MR) is 49.0 cm³/mol. The first-order chi connectivity index (χ1) is 7.05. The van der Waals surface area contributed by atoms with Gasteiger partial charge in [0, 0.05) is 6.61 Å². The largest absolute Gasteiger partial charge is 0.393 e. The summed E-state index contributed by atoms with van der Waals surface area (Å²) in [6.45, 7) is 2.71. The summed E-state index contributed by atoms with van der Waals surface area (Å²) in [6, 6.07) is 0. The molecule has 3 unspecified atom stereocenters. The van der Waals surface area contributed by atoms with E-state index in [1.807, 2.05) is 0 Å².